The minimum Gasteiger partial charge on any atom is -0.313 e. The first kappa shape index (κ1) is 14.3. The number of hydrogen-bond acceptors (Lipinski definition) is 2. The van der Waals surface area contributed by atoms with Crippen LogP contribution in [0, 0.1) is 5.82 Å². The highest BCUT2D eigenvalue weighted by molar-refractivity contribution is 6.42. The Labute approximate surface area is 121 Å². The molecule has 0 bridgehead atoms. The molecule has 0 spiro atoms. The summed E-state index contributed by atoms with van der Waals surface area (Å²) in [7, 11) is 1.81. The maximum atomic E-state index is 13.2. The summed E-state index contributed by atoms with van der Waals surface area (Å²) in [5.41, 5.74) is 1.69. The van der Waals surface area contributed by atoms with Gasteiger partial charge in [0.1, 0.15) is 5.82 Å². The molecule has 1 aromatic carbocycles. The number of nitrogens with zero attached hydrogens (tertiary/aromatic N) is 1. The number of hydrogen-bond donors (Lipinski definition) is 1. The lowest BCUT2D eigenvalue weighted by atomic mass is 10.0. The average Bonchev–Trinajstić information content (AvgIpc) is 2.40. The number of nitrogens with one attached hydrogen (secondary N) is 1. The van der Waals surface area contributed by atoms with Crippen LogP contribution in [0.5, 0.6) is 0 Å². The van der Waals surface area contributed by atoms with E-state index in [1.54, 1.807) is 12.3 Å². The lowest BCUT2D eigenvalue weighted by molar-refractivity contribution is 0.572. The molecule has 1 atom stereocenters. The molecular weight excluding hydrogens is 286 g/mol. The molecule has 5 heteroatoms. The third-order valence-electron chi connectivity index (χ3n) is 2.93. The Balaban J connectivity index is 2.26. The average molecular weight is 299 g/mol. The van der Waals surface area contributed by atoms with E-state index < -0.39 is 0 Å². The first-order chi connectivity index (χ1) is 9.11. The number of aromatic nitrogens is 1. The topological polar surface area (TPSA) is 24.9 Å². The van der Waals surface area contributed by atoms with E-state index in [0.717, 1.165) is 11.1 Å². The van der Waals surface area contributed by atoms with E-state index >= 15 is 0 Å². The van der Waals surface area contributed by atoms with Crippen molar-refractivity contribution in [2.75, 3.05) is 7.05 Å². The Hall–Kier alpha value is -1.16. The summed E-state index contributed by atoms with van der Waals surface area (Å²) in [5, 5.41) is 4.19. The van der Waals surface area contributed by atoms with Gasteiger partial charge in [0.05, 0.1) is 16.2 Å². The van der Waals surface area contributed by atoms with Gasteiger partial charge in [-0.05, 0) is 36.7 Å². The van der Waals surface area contributed by atoms with Gasteiger partial charge in [0.25, 0.3) is 0 Å². The maximum Gasteiger partial charge on any atom is 0.141 e. The van der Waals surface area contributed by atoms with E-state index in [-0.39, 0.29) is 11.9 Å². The van der Waals surface area contributed by atoms with Crippen molar-refractivity contribution in [3.63, 3.8) is 0 Å². The molecule has 2 rings (SSSR count). The normalized spacial score (nSPS) is 12.4. The molecule has 2 nitrogen and oxygen atoms in total. The molecule has 0 radical (unpaired) electrons. The molecule has 0 aliphatic rings. The Morgan fingerprint density at radius 3 is 2.79 bits per heavy atom. The first-order valence-corrected chi connectivity index (χ1v) is 6.58. The fourth-order valence-electron chi connectivity index (χ4n) is 1.93. The van der Waals surface area contributed by atoms with Crippen LogP contribution in [0.4, 0.5) is 4.39 Å². The van der Waals surface area contributed by atoms with Crippen LogP contribution in [0.25, 0.3) is 0 Å². The summed E-state index contributed by atoms with van der Waals surface area (Å²) in [6, 6.07) is 6.89. The molecule has 0 aliphatic heterocycles. The number of rotatable bonds is 4. The zero-order chi connectivity index (χ0) is 13.8. The van der Waals surface area contributed by atoms with E-state index in [1.165, 1.54) is 12.3 Å². The quantitative estimate of drug-likeness (QED) is 0.922. The Morgan fingerprint density at radius 1 is 1.32 bits per heavy atom. The predicted molar refractivity (Wildman–Crippen MR) is 76.2 cm³/mol. The van der Waals surface area contributed by atoms with Gasteiger partial charge in [-0.3, -0.25) is 4.98 Å². The van der Waals surface area contributed by atoms with E-state index in [0.29, 0.717) is 16.5 Å². The third-order valence-corrected chi connectivity index (χ3v) is 3.79. The monoisotopic (exact) mass is 298 g/mol. The van der Waals surface area contributed by atoms with Gasteiger partial charge in [-0.1, -0.05) is 35.3 Å². The van der Waals surface area contributed by atoms with Gasteiger partial charge < -0.3 is 5.32 Å². The number of benzene rings is 1. The van der Waals surface area contributed by atoms with Gasteiger partial charge in [0.2, 0.25) is 0 Å². The third kappa shape index (κ3) is 3.44. The minimum absolute atomic E-state index is 0.0702. The van der Waals surface area contributed by atoms with Gasteiger partial charge >= 0.3 is 0 Å². The van der Waals surface area contributed by atoms with Gasteiger partial charge in [0, 0.05) is 12.2 Å². The Morgan fingerprint density at radius 2 is 2.11 bits per heavy atom. The highest BCUT2D eigenvalue weighted by Crippen LogP contribution is 2.29. The summed E-state index contributed by atoms with van der Waals surface area (Å²) in [5.74, 6) is -0.352. The SMILES string of the molecule is CNC(Cc1cccc(Cl)c1Cl)c1cncc(F)c1. The van der Waals surface area contributed by atoms with Crippen molar-refractivity contribution in [2.24, 2.45) is 0 Å². The summed E-state index contributed by atoms with van der Waals surface area (Å²) in [4.78, 5) is 3.86. The zero-order valence-electron chi connectivity index (χ0n) is 10.3. The second-order valence-electron chi connectivity index (χ2n) is 4.19. The van der Waals surface area contributed by atoms with Crippen molar-refractivity contribution in [2.45, 2.75) is 12.5 Å². The highest BCUT2D eigenvalue weighted by atomic mass is 35.5. The Kier molecular flexibility index (Phi) is 4.75. The van der Waals surface area contributed by atoms with E-state index in [9.17, 15) is 4.39 Å². The molecule has 0 saturated heterocycles. The predicted octanol–water partition coefficient (Wildman–Crippen LogP) is 4.03. The molecular formula is C14H13Cl2FN2. The molecule has 0 aliphatic carbocycles. The second kappa shape index (κ2) is 6.33. The van der Waals surface area contributed by atoms with Crippen LogP contribution in [-0.2, 0) is 6.42 Å². The number of halogens is 3. The first-order valence-electron chi connectivity index (χ1n) is 5.82. The highest BCUT2D eigenvalue weighted by Gasteiger charge is 2.14. The molecule has 0 fully saturated rings. The molecule has 1 aromatic heterocycles. The second-order valence-corrected chi connectivity index (χ2v) is 4.98. The van der Waals surface area contributed by atoms with Crippen molar-refractivity contribution in [1.82, 2.24) is 10.3 Å². The van der Waals surface area contributed by atoms with Gasteiger partial charge in [0.15, 0.2) is 0 Å². The molecule has 0 amide bonds. The molecule has 1 N–H and O–H groups in total. The molecule has 0 saturated carbocycles. The zero-order valence-corrected chi connectivity index (χ0v) is 11.8. The fraction of sp³-hybridized carbons (Fsp3) is 0.214. The van der Waals surface area contributed by atoms with Gasteiger partial charge in [-0.25, -0.2) is 4.39 Å². The molecule has 2 aromatic rings. The largest absolute Gasteiger partial charge is 0.313 e. The van der Waals surface area contributed by atoms with E-state index in [4.69, 9.17) is 23.2 Å². The molecule has 19 heavy (non-hydrogen) atoms. The molecule has 100 valence electrons. The summed E-state index contributed by atoms with van der Waals surface area (Å²) in [6.45, 7) is 0. The van der Waals surface area contributed by atoms with E-state index in [2.05, 4.69) is 10.3 Å². The van der Waals surface area contributed by atoms with E-state index in [1.807, 2.05) is 19.2 Å². The van der Waals surface area contributed by atoms with Crippen LogP contribution in [0.1, 0.15) is 17.2 Å². The number of likely N-dealkylation sites (N-methyl/N-ethyl adjacent to an activating group) is 1. The van der Waals surface area contributed by atoms with Crippen molar-refractivity contribution >= 4 is 23.2 Å². The standard InChI is InChI=1S/C14H13Cl2FN2/c1-18-13(10-5-11(17)8-19-7-10)6-9-3-2-4-12(15)14(9)16/h2-5,7-8,13,18H,6H2,1H3. The molecule has 1 unspecified atom stereocenters. The summed E-state index contributed by atoms with van der Waals surface area (Å²) >= 11 is 12.2. The van der Waals surface area contributed by atoms with Crippen molar-refractivity contribution in [3.8, 4) is 0 Å². The van der Waals surface area contributed by atoms with Gasteiger partial charge in [-0.2, -0.15) is 0 Å². The van der Waals surface area contributed by atoms with Crippen LogP contribution < -0.4 is 5.32 Å². The summed E-state index contributed by atoms with van der Waals surface area (Å²) in [6.07, 6.45) is 3.44. The molecule has 1 heterocycles. The summed E-state index contributed by atoms with van der Waals surface area (Å²) < 4.78 is 13.2. The lowest BCUT2D eigenvalue weighted by Gasteiger charge is -2.17. The van der Waals surface area contributed by atoms with Crippen molar-refractivity contribution in [3.05, 3.63) is 63.6 Å². The fourth-order valence-corrected chi connectivity index (χ4v) is 2.33. The smallest absolute Gasteiger partial charge is 0.141 e. The van der Waals surface area contributed by atoms with Gasteiger partial charge in [-0.15, -0.1) is 0 Å². The number of pyridine rings is 1. The van der Waals surface area contributed by atoms with Crippen LogP contribution >= 0.6 is 23.2 Å². The lowest BCUT2D eigenvalue weighted by Crippen LogP contribution is -2.19. The van der Waals surface area contributed by atoms with Crippen LogP contribution in [0.3, 0.4) is 0 Å². The van der Waals surface area contributed by atoms with Crippen LogP contribution in [0.2, 0.25) is 10.0 Å². The van der Waals surface area contributed by atoms with Crippen molar-refractivity contribution in [1.29, 1.82) is 0 Å². The van der Waals surface area contributed by atoms with Crippen molar-refractivity contribution < 1.29 is 4.39 Å². The van der Waals surface area contributed by atoms with Crippen LogP contribution in [0.15, 0.2) is 36.7 Å². The minimum atomic E-state index is -0.352. The van der Waals surface area contributed by atoms with Crippen LogP contribution in [-0.4, -0.2) is 12.0 Å². The Bertz CT molecular complexity index is 575. The maximum absolute atomic E-state index is 13.2.